The lowest BCUT2D eigenvalue weighted by Gasteiger charge is -2.01. The van der Waals surface area contributed by atoms with E-state index in [1.54, 1.807) is 7.11 Å². The zero-order chi connectivity index (χ0) is 15.6. The summed E-state index contributed by atoms with van der Waals surface area (Å²) in [5, 5.41) is 2.81. The molecule has 0 saturated heterocycles. The van der Waals surface area contributed by atoms with Crippen molar-refractivity contribution in [2.24, 2.45) is 0 Å². The number of methoxy groups -OCH3 is 1. The van der Waals surface area contributed by atoms with Crippen LogP contribution in [0.2, 0.25) is 0 Å². The van der Waals surface area contributed by atoms with Crippen molar-refractivity contribution in [1.82, 2.24) is 5.32 Å². The van der Waals surface area contributed by atoms with Gasteiger partial charge < -0.3 is 10.1 Å². The van der Waals surface area contributed by atoms with E-state index in [1.165, 1.54) is 5.56 Å². The van der Waals surface area contributed by atoms with Gasteiger partial charge in [-0.25, -0.2) is 0 Å². The molecule has 0 bridgehead atoms. The Balaban J connectivity index is 1.71. The van der Waals surface area contributed by atoms with Crippen molar-refractivity contribution < 1.29 is 9.53 Å². The maximum absolute atomic E-state index is 11.7. The number of hydrogen-bond donors (Lipinski definition) is 1. The van der Waals surface area contributed by atoms with Crippen LogP contribution in [0.15, 0.2) is 54.6 Å². The summed E-state index contributed by atoms with van der Waals surface area (Å²) in [5.74, 6) is 6.78. The Kier molecular flexibility index (Phi) is 6.07. The Hall–Kier alpha value is -2.73. The van der Waals surface area contributed by atoms with Crippen molar-refractivity contribution in [3.05, 3.63) is 65.7 Å². The molecule has 0 spiro atoms. The normalized spacial score (nSPS) is 9.50. The molecule has 0 aliphatic heterocycles. The number of carbonyl (C=O) groups excluding carboxylic acids is 1. The lowest BCUT2D eigenvalue weighted by Crippen LogP contribution is -2.23. The number of hydrogen-bond acceptors (Lipinski definition) is 2. The quantitative estimate of drug-likeness (QED) is 0.861. The molecule has 0 aliphatic rings. The first-order chi connectivity index (χ1) is 10.8. The van der Waals surface area contributed by atoms with Gasteiger partial charge in [-0.05, 0) is 36.2 Å². The Morgan fingerprint density at radius 3 is 2.50 bits per heavy atom. The molecule has 0 fully saturated rings. The van der Waals surface area contributed by atoms with E-state index in [2.05, 4.69) is 17.2 Å². The summed E-state index contributed by atoms with van der Waals surface area (Å²) in [7, 11) is 1.63. The molecule has 2 aromatic rings. The van der Waals surface area contributed by atoms with Gasteiger partial charge in [0.2, 0.25) is 5.91 Å². The molecule has 0 radical (unpaired) electrons. The second-order valence-electron chi connectivity index (χ2n) is 4.79. The van der Waals surface area contributed by atoms with Gasteiger partial charge in [-0.3, -0.25) is 4.79 Å². The molecule has 1 amide bonds. The Labute approximate surface area is 131 Å². The molecule has 2 aromatic carbocycles. The highest BCUT2D eigenvalue weighted by Gasteiger charge is 2.00. The predicted molar refractivity (Wildman–Crippen MR) is 87.6 cm³/mol. The molecule has 0 heterocycles. The summed E-state index contributed by atoms with van der Waals surface area (Å²) in [4.78, 5) is 11.7. The first kappa shape index (κ1) is 15.7. The molecule has 0 aromatic heterocycles. The van der Waals surface area contributed by atoms with E-state index in [1.807, 2.05) is 54.6 Å². The number of nitrogens with one attached hydrogen (secondary N) is 1. The minimum atomic E-state index is 0.0212. The first-order valence-electron chi connectivity index (χ1n) is 7.21. The molecule has 2 rings (SSSR count). The number of rotatable bonds is 5. The topological polar surface area (TPSA) is 38.3 Å². The van der Waals surface area contributed by atoms with Crippen LogP contribution in [0, 0.1) is 11.8 Å². The van der Waals surface area contributed by atoms with Crippen molar-refractivity contribution in [2.75, 3.05) is 13.7 Å². The maximum atomic E-state index is 11.7. The standard InChI is InChI=1S/C19H19NO2/c1-22-18-12-9-17(10-13-18)8-5-15-20-19(21)14-11-16-6-3-2-4-7-16/h2-4,6-7,9-10,12-13H,11,14-15H2,1H3,(H,20,21). The van der Waals surface area contributed by atoms with Crippen LogP contribution in [0.3, 0.4) is 0 Å². The van der Waals surface area contributed by atoms with Gasteiger partial charge in [0.05, 0.1) is 13.7 Å². The van der Waals surface area contributed by atoms with Crippen LogP contribution in [0.5, 0.6) is 5.75 Å². The van der Waals surface area contributed by atoms with E-state index in [9.17, 15) is 4.79 Å². The van der Waals surface area contributed by atoms with E-state index >= 15 is 0 Å². The monoisotopic (exact) mass is 293 g/mol. The van der Waals surface area contributed by atoms with Gasteiger partial charge in [0.1, 0.15) is 5.75 Å². The average Bonchev–Trinajstić information content (AvgIpc) is 2.58. The molecule has 0 unspecified atom stereocenters. The van der Waals surface area contributed by atoms with E-state index in [0.717, 1.165) is 17.7 Å². The lowest BCUT2D eigenvalue weighted by atomic mass is 10.1. The maximum Gasteiger partial charge on any atom is 0.221 e. The molecule has 3 heteroatoms. The van der Waals surface area contributed by atoms with Crippen LogP contribution >= 0.6 is 0 Å². The fourth-order valence-corrected chi connectivity index (χ4v) is 1.95. The van der Waals surface area contributed by atoms with Crippen molar-refractivity contribution >= 4 is 5.91 Å². The Bertz CT molecular complexity index is 651. The zero-order valence-corrected chi connectivity index (χ0v) is 12.6. The number of amides is 1. The SMILES string of the molecule is COc1ccc(C#CCNC(=O)CCc2ccccc2)cc1. The highest BCUT2D eigenvalue weighted by molar-refractivity contribution is 5.76. The predicted octanol–water partition coefficient (Wildman–Crippen LogP) is 2.80. The second kappa shape index (κ2) is 8.53. The molecule has 1 N–H and O–H groups in total. The molecule has 22 heavy (non-hydrogen) atoms. The van der Waals surface area contributed by atoms with Crippen LogP contribution < -0.4 is 10.1 Å². The number of carbonyl (C=O) groups is 1. The van der Waals surface area contributed by atoms with E-state index < -0.39 is 0 Å². The largest absolute Gasteiger partial charge is 0.497 e. The van der Waals surface area contributed by atoms with Gasteiger partial charge in [-0.15, -0.1) is 0 Å². The van der Waals surface area contributed by atoms with Crippen LogP contribution in [0.25, 0.3) is 0 Å². The van der Waals surface area contributed by atoms with Crippen molar-refractivity contribution in [3.8, 4) is 17.6 Å². The summed E-state index contributed by atoms with van der Waals surface area (Å²) in [5.41, 5.74) is 2.07. The summed E-state index contributed by atoms with van der Waals surface area (Å²) < 4.78 is 5.08. The number of benzene rings is 2. The summed E-state index contributed by atoms with van der Waals surface area (Å²) in [6.45, 7) is 0.361. The van der Waals surface area contributed by atoms with Crippen molar-refractivity contribution in [3.63, 3.8) is 0 Å². The van der Waals surface area contributed by atoms with Gasteiger partial charge in [0.25, 0.3) is 0 Å². The van der Waals surface area contributed by atoms with Crippen LogP contribution in [-0.2, 0) is 11.2 Å². The van der Waals surface area contributed by atoms with Crippen molar-refractivity contribution in [2.45, 2.75) is 12.8 Å². The highest BCUT2D eigenvalue weighted by atomic mass is 16.5. The zero-order valence-electron chi connectivity index (χ0n) is 12.6. The Morgan fingerprint density at radius 1 is 1.09 bits per heavy atom. The number of aryl methyl sites for hydroxylation is 1. The second-order valence-corrected chi connectivity index (χ2v) is 4.79. The average molecular weight is 293 g/mol. The molecular weight excluding hydrogens is 274 g/mol. The minimum absolute atomic E-state index is 0.0212. The third-order valence-electron chi connectivity index (χ3n) is 3.18. The molecule has 3 nitrogen and oxygen atoms in total. The molecule has 0 saturated carbocycles. The van der Waals surface area contributed by atoms with Crippen LogP contribution in [0.1, 0.15) is 17.5 Å². The van der Waals surface area contributed by atoms with Gasteiger partial charge in [-0.2, -0.15) is 0 Å². The molecule has 0 aliphatic carbocycles. The van der Waals surface area contributed by atoms with Crippen LogP contribution in [-0.4, -0.2) is 19.6 Å². The van der Waals surface area contributed by atoms with Crippen molar-refractivity contribution in [1.29, 1.82) is 0 Å². The van der Waals surface area contributed by atoms with E-state index in [-0.39, 0.29) is 5.91 Å². The fourth-order valence-electron chi connectivity index (χ4n) is 1.95. The molecular formula is C19H19NO2. The summed E-state index contributed by atoms with van der Waals surface area (Å²) in [6, 6.07) is 17.5. The van der Waals surface area contributed by atoms with Gasteiger partial charge >= 0.3 is 0 Å². The summed E-state index contributed by atoms with van der Waals surface area (Å²) >= 11 is 0. The van der Waals surface area contributed by atoms with E-state index in [4.69, 9.17) is 4.74 Å². The Morgan fingerprint density at radius 2 is 1.82 bits per heavy atom. The van der Waals surface area contributed by atoms with Gasteiger partial charge in [-0.1, -0.05) is 42.2 Å². The lowest BCUT2D eigenvalue weighted by molar-refractivity contribution is -0.120. The summed E-state index contributed by atoms with van der Waals surface area (Å²) in [6.07, 6.45) is 1.23. The first-order valence-corrected chi connectivity index (χ1v) is 7.21. The molecule has 112 valence electrons. The fraction of sp³-hybridized carbons (Fsp3) is 0.211. The smallest absolute Gasteiger partial charge is 0.221 e. The van der Waals surface area contributed by atoms with E-state index in [0.29, 0.717) is 13.0 Å². The number of ether oxygens (including phenoxy) is 1. The third kappa shape index (κ3) is 5.34. The van der Waals surface area contributed by atoms with Gasteiger partial charge in [0, 0.05) is 12.0 Å². The van der Waals surface area contributed by atoms with Crippen LogP contribution in [0.4, 0.5) is 0 Å². The highest BCUT2D eigenvalue weighted by Crippen LogP contribution is 2.10. The third-order valence-corrected chi connectivity index (χ3v) is 3.18. The minimum Gasteiger partial charge on any atom is -0.497 e. The molecule has 0 atom stereocenters. The van der Waals surface area contributed by atoms with Gasteiger partial charge in [0.15, 0.2) is 0 Å².